The molecule has 0 radical (unpaired) electrons. The van der Waals surface area contributed by atoms with Crippen LogP contribution in [0.4, 0.5) is 0 Å². The first-order chi connectivity index (χ1) is 9.45. The lowest BCUT2D eigenvalue weighted by molar-refractivity contribution is -0.765. The lowest BCUT2D eigenvalue weighted by Crippen LogP contribution is -2.46. The summed E-state index contributed by atoms with van der Waals surface area (Å²) in [7, 11) is 3.29. The van der Waals surface area contributed by atoms with E-state index in [-0.39, 0.29) is 12.5 Å². The number of carbonyl (C=O) groups excluding carboxylic acids is 1. The molecule has 3 N–H and O–H groups in total. The zero-order chi connectivity index (χ0) is 14.9. The molecule has 4 atom stereocenters. The van der Waals surface area contributed by atoms with Crippen molar-refractivity contribution in [3.63, 3.8) is 0 Å². The van der Waals surface area contributed by atoms with Gasteiger partial charge >= 0.3 is 0 Å². The third-order valence-electron chi connectivity index (χ3n) is 3.29. The second-order valence-electron chi connectivity index (χ2n) is 4.97. The Kier molecular flexibility index (Phi) is 4.34. The number of amides is 1. The summed E-state index contributed by atoms with van der Waals surface area (Å²) in [6, 6.07) is 3.31. The van der Waals surface area contributed by atoms with Gasteiger partial charge in [-0.3, -0.25) is 4.79 Å². The predicted molar refractivity (Wildman–Crippen MR) is 67.7 cm³/mol. The van der Waals surface area contributed by atoms with E-state index in [0.29, 0.717) is 5.56 Å². The number of hydrogen-bond donors (Lipinski definition) is 3. The van der Waals surface area contributed by atoms with Gasteiger partial charge in [0.1, 0.15) is 17.8 Å². The van der Waals surface area contributed by atoms with Crippen molar-refractivity contribution in [2.75, 3.05) is 20.7 Å². The molecule has 1 saturated heterocycles. The maximum absolute atomic E-state index is 11.9. The Morgan fingerprint density at radius 1 is 1.40 bits per heavy atom. The SMILES string of the molecule is CN(C)C(=O)c1ccc[n+]([C@@H]2O[C@H](CO)C(O)[C@@H]2O)c1. The van der Waals surface area contributed by atoms with E-state index in [1.807, 2.05) is 0 Å². The standard InChI is InChI=1S/C13H19N2O5/c1-14(2)12(19)8-4-3-5-15(6-8)13-11(18)10(17)9(7-16)20-13/h3-6,9-11,13,16-18H,7H2,1-2H3/q+1/t9-,10?,11+,13-/m1/s1. The molecule has 20 heavy (non-hydrogen) atoms. The number of ether oxygens (including phenoxy) is 1. The van der Waals surface area contributed by atoms with Crippen molar-refractivity contribution in [2.45, 2.75) is 24.5 Å². The van der Waals surface area contributed by atoms with Crippen molar-refractivity contribution in [3.05, 3.63) is 30.1 Å². The molecule has 7 heteroatoms. The number of pyridine rings is 1. The molecule has 1 aliphatic rings. The third-order valence-corrected chi connectivity index (χ3v) is 3.29. The summed E-state index contributed by atoms with van der Waals surface area (Å²) in [4.78, 5) is 13.3. The van der Waals surface area contributed by atoms with Gasteiger partial charge in [-0.2, -0.15) is 4.57 Å². The topological polar surface area (TPSA) is 94.1 Å². The van der Waals surface area contributed by atoms with Gasteiger partial charge in [0.2, 0.25) is 0 Å². The first kappa shape index (κ1) is 14.9. The maximum atomic E-state index is 11.9. The quantitative estimate of drug-likeness (QED) is 0.574. The minimum absolute atomic E-state index is 0.175. The van der Waals surface area contributed by atoms with Gasteiger partial charge in [-0.05, 0) is 6.07 Å². The number of hydrogen-bond acceptors (Lipinski definition) is 5. The monoisotopic (exact) mass is 283 g/mol. The molecular weight excluding hydrogens is 264 g/mol. The number of aromatic nitrogens is 1. The van der Waals surface area contributed by atoms with Crippen LogP contribution < -0.4 is 4.57 Å². The predicted octanol–water partition coefficient (Wildman–Crippen LogP) is -1.71. The molecule has 0 bridgehead atoms. The van der Waals surface area contributed by atoms with Gasteiger partial charge in [-0.15, -0.1) is 0 Å². The van der Waals surface area contributed by atoms with Crippen LogP contribution in [0, 0.1) is 0 Å². The summed E-state index contributed by atoms with van der Waals surface area (Å²) in [5.41, 5.74) is 0.440. The van der Waals surface area contributed by atoms with Crippen molar-refractivity contribution in [3.8, 4) is 0 Å². The third kappa shape index (κ3) is 2.66. The number of aliphatic hydroxyl groups is 3. The van der Waals surface area contributed by atoms with Gasteiger partial charge in [-0.1, -0.05) is 0 Å². The van der Waals surface area contributed by atoms with E-state index in [0.717, 1.165) is 0 Å². The van der Waals surface area contributed by atoms with Crippen molar-refractivity contribution in [1.82, 2.24) is 4.90 Å². The van der Waals surface area contributed by atoms with E-state index < -0.39 is 24.5 Å². The summed E-state index contributed by atoms with van der Waals surface area (Å²) < 4.78 is 6.92. The minimum Gasteiger partial charge on any atom is -0.394 e. The Balaban J connectivity index is 2.26. The van der Waals surface area contributed by atoms with E-state index >= 15 is 0 Å². The van der Waals surface area contributed by atoms with E-state index in [2.05, 4.69) is 0 Å². The van der Waals surface area contributed by atoms with Crippen LogP contribution >= 0.6 is 0 Å². The van der Waals surface area contributed by atoms with Crippen LogP contribution in [0.5, 0.6) is 0 Å². The van der Waals surface area contributed by atoms with Crippen LogP contribution in [0.2, 0.25) is 0 Å². The van der Waals surface area contributed by atoms with Crippen LogP contribution in [-0.4, -0.2) is 65.1 Å². The van der Waals surface area contributed by atoms with Gasteiger partial charge in [-0.25, -0.2) is 0 Å². The molecule has 110 valence electrons. The average Bonchev–Trinajstić information content (AvgIpc) is 2.74. The molecule has 1 aliphatic heterocycles. The lowest BCUT2D eigenvalue weighted by Gasteiger charge is -2.12. The number of nitrogens with zero attached hydrogens (tertiary/aromatic N) is 2. The normalized spacial score (nSPS) is 29.4. The van der Waals surface area contributed by atoms with Crippen LogP contribution in [-0.2, 0) is 4.74 Å². The largest absolute Gasteiger partial charge is 0.394 e. The molecule has 1 aromatic rings. The Labute approximate surface area is 116 Å². The highest BCUT2D eigenvalue weighted by atomic mass is 16.6. The fourth-order valence-electron chi connectivity index (χ4n) is 2.16. The molecule has 0 saturated carbocycles. The smallest absolute Gasteiger partial charge is 0.292 e. The number of aliphatic hydroxyl groups excluding tert-OH is 3. The van der Waals surface area contributed by atoms with E-state index in [1.165, 1.54) is 9.47 Å². The first-order valence-electron chi connectivity index (χ1n) is 6.30. The zero-order valence-electron chi connectivity index (χ0n) is 11.4. The van der Waals surface area contributed by atoms with E-state index in [1.54, 1.807) is 38.6 Å². The molecule has 0 spiro atoms. The molecule has 1 aromatic heterocycles. The number of carbonyl (C=O) groups is 1. The summed E-state index contributed by atoms with van der Waals surface area (Å²) in [6.45, 7) is -0.383. The molecule has 1 fully saturated rings. The first-order valence-corrected chi connectivity index (χ1v) is 6.30. The van der Waals surface area contributed by atoms with E-state index in [4.69, 9.17) is 9.84 Å². The second kappa shape index (κ2) is 5.84. The highest BCUT2D eigenvalue weighted by molar-refractivity contribution is 5.93. The van der Waals surface area contributed by atoms with Crippen molar-refractivity contribution in [2.24, 2.45) is 0 Å². The van der Waals surface area contributed by atoms with Crippen LogP contribution in [0.3, 0.4) is 0 Å². The van der Waals surface area contributed by atoms with Crippen LogP contribution in [0.25, 0.3) is 0 Å². The highest BCUT2D eigenvalue weighted by Crippen LogP contribution is 2.25. The van der Waals surface area contributed by atoms with Gasteiger partial charge < -0.3 is 25.0 Å². The van der Waals surface area contributed by atoms with Crippen LogP contribution in [0.1, 0.15) is 16.6 Å². The lowest BCUT2D eigenvalue weighted by atomic mass is 10.1. The van der Waals surface area contributed by atoms with Gasteiger partial charge in [0, 0.05) is 20.2 Å². The Bertz CT molecular complexity index is 493. The van der Waals surface area contributed by atoms with Gasteiger partial charge in [0.25, 0.3) is 12.1 Å². The summed E-state index contributed by atoms with van der Waals surface area (Å²) in [5.74, 6) is -0.175. The highest BCUT2D eigenvalue weighted by Gasteiger charge is 2.47. The van der Waals surface area contributed by atoms with Crippen molar-refractivity contribution in [1.29, 1.82) is 0 Å². The molecule has 2 heterocycles. The van der Waals surface area contributed by atoms with Crippen molar-refractivity contribution < 1.29 is 29.4 Å². The Hall–Kier alpha value is -1.54. The summed E-state index contributed by atoms with van der Waals surface area (Å²) in [6.07, 6.45) is -0.824. The second-order valence-corrected chi connectivity index (χ2v) is 4.97. The molecule has 1 unspecified atom stereocenters. The average molecular weight is 283 g/mol. The van der Waals surface area contributed by atoms with Gasteiger partial charge in [0.15, 0.2) is 18.5 Å². The zero-order valence-corrected chi connectivity index (χ0v) is 11.4. The Morgan fingerprint density at radius 2 is 2.10 bits per heavy atom. The van der Waals surface area contributed by atoms with Crippen LogP contribution in [0.15, 0.2) is 24.5 Å². The molecule has 0 aromatic carbocycles. The molecule has 2 rings (SSSR count). The minimum atomic E-state index is -1.16. The molecule has 0 aliphatic carbocycles. The molecular formula is C13H19N2O5+. The summed E-state index contributed by atoms with van der Waals surface area (Å²) in [5, 5.41) is 28.7. The summed E-state index contributed by atoms with van der Waals surface area (Å²) >= 11 is 0. The molecule has 1 amide bonds. The van der Waals surface area contributed by atoms with Crippen molar-refractivity contribution >= 4 is 5.91 Å². The van der Waals surface area contributed by atoms with Gasteiger partial charge in [0.05, 0.1) is 6.61 Å². The van der Waals surface area contributed by atoms with E-state index in [9.17, 15) is 15.0 Å². The maximum Gasteiger partial charge on any atom is 0.292 e. The fourth-order valence-corrected chi connectivity index (χ4v) is 2.16. The Morgan fingerprint density at radius 3 is 2.65 bits per heavy atom. The molecule has 7 nitrogen and oxygen atoms in total. The number of rotatable bonds is 3. The fraction of sp³-hybridized carbons (Fsp3) is 0.538.